The molecule has 0 saturated heterocycles. The average Bonchev–Trinajstić information content (AvgIpc) is 2.22. The molecule has 1 aromatic carbocycles. The van der Waals surface area contributed by atoms with Crippen molar-refractivity contribution >= 4 is 35.3 Å². The number of ether oxygens (including phenoxy) is 1. The maximum absolute atomic E-state index is 11.6. The number of fused-ring (bicyclic) bond motifs is 1. The molecule has 0 spiro atoms. The summed E-state index contributed by atoms with van der Waals surface area (Å²) < 4.78 is 4.60. The summed E-state index contributed by atoms with van der Waals surface area (Å²) in [5.74, 6) is 0.710. The molecule has 0 saturated carbocycles. The molecule has 0 amide bonds. The minimum absolute atomic E-state index is 0.0745. The average molecular weight is 259 g/mol. The first kappa shape index (κ1) is 11.3. The summed E-state index contributed by atoms with van der Waals surface area (Å²) in [7, 11) is 0. The fraction of sp³-hybridized carbons (Fsp3) is 0.200. The summed E-state index contributed by atoms with van der Waals surface area (Å²) in [6.45, 7) is 0. The largest absolute Gasteiger partial charge is 0.511 e. The first-order chi connectivity index (χ1) is 7.59. The standard InChI is InChI=1S/C10H7ClO4S/c11-5-1-2-7(15-10(13)14)9-8(5)6(12)3-4-16-9/h1-2H,3-4H2,(H,13,14). The molecule has 1 aromatic rings. The van der Waals surface area contributed by atoms with E-state index in [4.69, 9.17) is 16.7 Å². The maximum Gasteiger partial charge on any atom is 0.511 e. The highest BCUT2D eigenvalue weighted by atomic mass is 35.5. The van der Waals surface area contributed by atoms with E-state index in [1.165, 1.54) is 23.9 Å². The van der Waals surface area contributed by atoms with Gasteiger partial charge in [-0.05, 0) is 12.1 Å². The normalized spacial score (nSPS) is 14.4. The van der Waals surface area contributed by atoms with E-state index in [1.54, 1.807) is 0 Å². The van der Waals surface area contributed by atoms with Crippen molar-refractivity contribution in [2.45, 2.75) is 11.3 Å². The van der Waals surface area contributed by atoms with Crippen molar-refractivity contribution < 1.29 is 19.4 Å². The SMILES string of the molecule is O=C(O)Oc1ccc(Cl)c2c1SCCC2=O. The van der Waals surface area contributed by atoms with E-state index in [9.17, 15) is 9.59 Å². The lowest BCUT2D eigenvalue weighted by molar-refractivity contribution is 0.0982. The quantitative estimate of drug-likeness (QED) is 0.619. The number of thioether (sulfide) groups is 1. The Labute approximate surface area is 101 Å². The van der Waals surface area contributed by atoms with Crippen LogP contribution in [0.3, 0.4) is 0 Å². The van der Waals surface area contributed by atoms with Crippen molar-refractivity contribution in [3.05, 3.63) is 22.7 Å². The van der Waals surface area contributed by atoms with Crippen LogP contribution >= 0.6 is 23.4 Å². The summed E-state index contributed by atoms with van der Waals surface area (Å²) in [6.07, 6.45) is -0.989. The van der Waals surface area contributed by atoms with Crippen molar-refractivity contribution in [3.8, 4) is 5.75 Å². The predicted molar refractivity (Wildman–Crippen MR) is 59.8 cm³/mol. The number of Topliss-reactive ketones (excluding diaryl/α,β-unsaturated/α-hetero) is 1. The van der Waals surface area contributed by atoms with Gasteiger partial charge in [0.1, 0.15) is 5.75 Å². The van der Waals surface area contributed by atoms with Crippen LogP contribution in [0.2, 0.25) is 5.02 Å². The number of ketones is 1. The molecule has 0 aliphatic carbocycles. The van der Waals surface area contributed by atoms with Crippen LogP contribution in [0.15, 0.2) is 17.0 Å². The molecule has 84 valence electrons. The highest BCUT2D eigenvalue weighted by molar-refractivity contribution is 7.99. The van der Waals surface area contributed by atoms with E-state index >= 15 is 0 Å². The van der Waals surface area contributed by atoms with E-state index in [-0.39, 0.29) is 11.5 Å². The fourth-order valence-electron chi connectivity index (χ4n) is 1.49. The van der Waals surface area contributed by atoms with Crippen molar-refractivity contribution in [2.75, 3.05) is 5.75 Å². The molecule has 0 aromatic heterocycles. The van der Waals surface area contributed by atoms with Crippen molar-refractivity contribution in [1.82, 2.24) is 0 Å². The van der Waals surface area contributed by atoms with Crippen LogP contribution in [-0.2, 0) is 0 Å². The van der Waals surface area contributed by atoms with Gasteiger partial charge in [-0.2, -0.15) is 0 Å². The monoisotopic (exact) mass is 258 g/mol. The third kappa shape index (κ3) is 2.01. The number of carboxylic acid groups (broad SMARTS) is 1. The van der Waals surface area contributed by atoms with Gasteiger partial charge >= 0.3 is 6.16 Å². The van der Waals surface area contributed by atoms with Gasteiger partial charge < -0.3 is 9.84 Å². The molecule has 16 heavy (non-hydrogen) atoms. The lowest BCUT2D eigenvalue weighted by Gasteiger charge is -2.17. The van der Waals surface area contributed by atoms with Crippen LogP contribution in [0.1, 0.15) is 16.8 Å². The van der Waals surface area contributed by atoms with Gasteiger partial charge in [0.05, 0.1) is 15.5 Å². The minimum atomic E-state index is -1.40. The van der Waals surface area contributed by atoms with E-state index in [2.05, 4.69) is 4.74 Å². The first-order valence-corrected chi connectivity index (χ1v) is 5.85. The highest BCUT2D eigenvalue weighted by Crippen LogP contribution is 2.41. The van der Waals surface area contributed by atoms with Crippen LogP contribution in [0, 0.1) is 0 Å². The topological polar surface area (TPSA) is 63.6 Å². The van der Waals surface area contributed by atoms with Crippen molar-refractivity contribution in [3.63, 3.8) is 0 Å². The Bertz CT molecular complexity index is 472. The van der Waals surface area contributed by atoms with Crippen LogP contribution in [-0.4, -0.2) is 22.8 Å². The minimum Gasteiger partial charge on any atom is -0.449 e. The molecule has 1 aliphatic rings. The Morgan fingerprint density at radius 3 is 2.94 bits per heavy atom. The number of carbonyl (C=O) groups is 2. The van der Waals surface area contributed by atoms with Crippen LogP contribution in [0.25, 0.3) is 0 Å². The van der Waals surface area contributed by atoms with Gasteiger partial charge in [-0.25, -0.2) is 4.79 Å². The molecule has 0 bridgehead atoms. The Hall–Kier alpha value is -1.20. The Balaban J connectivity index is 2.53. The molecular formula is C10H7ClO4S. The van der Waals surface area contributed by atoms with E-state index < -0.39 is 6.16 Å². The molecule has 1 aliphatic heterocycles. The summed E-state index contributed by atoms with van der Waals surface area (Å²) in [5.41, 5.74) is 0.372. The molecule has 1 heterocycles. The molecule has 0 radical (unpaired) electrons. The smallest absolute Gasteiger partial charge is 0.449 e. The molecule has 2 rings (SSSR count). The molecular weight excluding hydrogens is 252 g/mol. The molecule has 0 atom stereocenters. The Kier molecular flexibility index (Phi) is 3.07. The van der Waals surface area contributed by atoms with Crippen molar-refractivity contribution in [1.29, 1.82) is 0 Å². The van der Waals surface area contributed by atoms with Gasteiger partial charge in [-0.3, -0.25) is 4.79 Å². The first-order valence-electron chi connectivity index (χ1n) is 4.49. The highest BCUT2D eigenvalue weighted by Gasteiger charge is 2.25. The number of rotatable bonds is 1. The second-order valence-electron chi connectivity index (χ2n) is 3.14. The number of hydrogen-bond donors (Lipinski definition) is 1. The summed E-state index contributed by atoms with van der Waals surface area (Å²) >= 11 is 7.29. The number of halogens is 1. The number of hydrogen-bond acceptors (Lipinski definition) is 4. The third-order valence-corrected chi connectivity index (χ3v) is 3.54. The second-order valence-corrected chi connectivity index (χ2v) is 4.65. The summed E-state index contributed by atoms with van der Waals surface area (Å²) in [4.78, 5) is 22.6. The van der Waals surface area contributed by atoms with Gasteiger partial charge in [0, 0.05) is 12.2 Å². The lowest BCUT2D eigenvalue weighted by atomic mass is 10.1. The molecule has 4 nitrogen and oxygen atoms in total. The van der Waals surface area contributed by atoms with Crippen LogP contribution < -0.4 is 4.74 Å². The zero-order valence-corrected chi connectivity index (χ0v) is 9.60. The van der Waals surface area contributed by atoms with Gasteiger partial charge in [0.2, 0.25) is 0 Å². The number of carbonyl (C=O) groups excluding carboxylic acids is 1. The van der Waals surface area contributed by atoms with Crippen molar-refractivity contribution in [2.24, 2.45) is 0 Å². The summed E-state index contributed by atoms with van der Waals surface area (Å²) in [5, 5.41) is 8.89. The van der Waals surface area contributed by atoms with E-state index in [0.29, 0.717) is 27.7 Å². The van der Waals surface area contributed by atoms with Crippen LogP contribution in [0.5, 0.6) is 5.75 Å². The van der Waals surface area contributed by atoms with E-state index in [1.807, 2.05) is 0 Å². The third-order valence-electron chi connectivity index (χ3n) is 2.12. The molecule has 0 fully saturated rings. The lowest BCUT2D eigenvalue weighted by Crippen LogP contribution is -2.12. The van der Waals surface area contributed by atoms with E-state index in [0.717, 1.165) is 0 Å². The zero-order chi connectivity index (χ0) is 11.7. The summed E-state index contributed by atoms with van der Waals surface area (Å²) in [6, 6.07) is 2.93. The zero-order valence-electron chi connectivity index (χ0n) is 8.03. The molecule has 0 unspecified atom stereocenters. The van der Waals surface area contributed by atoms with Gasteiger partial charge in [-0.1, -0.05) is 11.6 Å². The molecule has 6 heteroatoms. The Morgan fingerprint density at radius 2 is 2.25 bits per heavy atom. The predicted octanol–water partition coefficient (Wildman–Crippen LogP) is 3.08. The fourth-order valence-corrected chi connectivity index (χ4v) is 2.92. The number of benzene rings is 1. The molecule has 1 N–H and O–H groups in total. The van der Waals surface area contributed by atoms with Gasteiger partial charge in [0.25, 0.3) is 0 Å². The maximum atomic E-state index is 11.6. The van der Waals surface area contributed by atoms with Gasteiger partial charge in [0.15, 0.2) is 5.78 Å². The van der Waals surface area contributed by atoms with Crippen LogP contribution in [0.4, 0.5) is 4.79 Å². The Morgan fingerprint density at radius 1 is 1.50 bits per heavy atom. The second kappa shape index (κ2) is 4.35. The van der Waals surface area contributed by atoms with Gasteiger partial charge in [-0.15, -0.1) is 11.8 Å².